The molecule has 0 bridgehead atoms. The second-order valence-corrected chi connectivity index (χ2v) is 8.05. The Morgan fingerprint density at radius 2 is 1.52 bits per heavy atom. The highest BCUT2D eigenvalue weighted by atomic mass is 19.4. The van der Waals surface area contributed by atoms with Crippen molar-refractivity contribution in [2.45, 2.75) is 25.6 Å². The van der Waals surface area contributed by atoms with Gasteiger partial charge in [0.25, 0.3) is 5.56 Å². The number of nitrogens with zero attached hydrogens (tertiary/aromatic N) is 3. The third-order valence-electron chi connectivity index (χ3n) is 5.72. The minimum atomic E-state index is -4.24. The second kappa shape index (κ2) is 9.10. The zero-order chi connectivity index (χ0) is 23.6. The minimum Gasteiger partial charge on any atom is -0.374 e. The maximum Gasteiger partial charge on any atom is 0.390 e. The lowest BCUT2D eigenvalue weighted by molar-refractivity contribution is -0.132. The predicted molar refractivity (Wildman–Crippen MR) is 125 cm³/mol. The molecule has 3 aromatic carbocycles. The number of halogens is 3. The quantitative estimate of drug-likeness (QED) is 0.376. The average Bonchev–Trinajstić information content (AvgIpc) is 2.80. The molecule has 0 saturated carbocycles. The lowest BCUT2D eigenvalue weighted by atomic mass is 9.98. The molecule has 1 aromatic heterocycles. The minimum absolute atomic E-state index is 0.195. The van der Waals surface area contributed by atoms with Crippen LogP contribution in [0.15, 0.2) is 83.7 Å². The van der Waals surface area contributed by atoms with E-state index in [4.69, 9.17) is 0 Å². The van der Waals surface area contributed by atoms with Crippen molar-refractivity contribution in [1.29, 1.82) is 0 Å². The number of benzene rings is 3. The van der Waals surface area contributed by atoms with Crippen LogP contribution in [0.4, 0.5) is 18.9 Å². The smallest absolute Gasteiger partial charge is 0.374 e. The standard InChI is InChI=1S/C26H24F3N3O/c1-18-30-23-14-13-21(31(2)16-15-26(27,28)29)17-22(23)25(33)32(18)24(19-9-5-3-6-10-19)20-11-7-4-8-12-20/h3-14,17,24H,15-16H2,1-2H3. The molecular weight excluding hydrogens is 427 g/mol. The van der Waals surface area contributed by atoms with Crippen molar-refractivity contribution in [3.05, 3.63) is 106 Å². The van der Waals surface area contributed by atoms with E-state index < -0.39 is 12.6 Å². The van der Waals surface area contributed by atoms with Crippen LogP contribution >= 0.6 is 0 Å². The molecule has 0 fully saturated rings. The van der Waals surface area contributed by atoms with Crippen LogP contribution in [0.2, 0.25) is 0 Å². The molecule has 4 aromatic rings. The number of alkyl halides is 3. The van der Waals surface area contributed by atoms with Crippen LogP contribution in [0, 0.1) is 6.92 Å². The monoisotopic (exact) mass is 451 g/mol. The fourth-order valence-corrected chi connectivity index (χ4v) is 4.02. The third-order valence-corrected chi connectivity index (χ3v) is 5.72. The Bertz CT molecular complexity index is 1260. The third kappa shape index (κ3) is 4.92. The van der Waals surface area contributed by atoms with Crippen molar-refractivity contribution >= 4 is 16.6 Å². The summed E-state index contributed by atoms with van der Waals surface area (Å²) >= 11 is 0. The van der Waals surface area contributed by atoms with Gasteiger partial charge in [0.1, 0.15) is 5.82 Å². The summed E-state index contributed by atoms with van der Waals surface area (Å²) in [6, 6.07) is 24.0. The number of anilines is 1. The van der Waals surface area contributed by atoms with Crippen LogP contribution < -0.4 is 10.5 Å². The van der Waals surface area contributed by atoms with E-state index in [0.29, 0.717) is 22.4 Å². The Hall–Kier alpha value is -3.61. The first-order valence-corrected chi connectivity index (χ1v) is 10.7. The number of rotatable bonds is 6. The normalized spacial score (nSPS) is 11.8. The molecule has 0 radical (unpaired) electrons. The molecule has 0 atom stereocenters. The van der Waals surface area contributed by atoms with Crippen molar-refractivity contribution in [2.75, 3.05) is 18.5 Å². The summed E-state index contributed by atoms with van der Waals surface area (Å²) in [7, 11) is 1.59. The van der Waals surface area contributed by atoms with Crippen molar-refractivity contribution in [3.63, 3.8) is 0 Å². The Balaban J connectivity index is 1.85. The van der Waals surface area contributed by atoms with Gasteiger partial charge in [-0.3, -0.25) is 9.36 Å². The van der Waals surface area contributed by atoms with Crippen LogP contribution in [-0.4, -0.2) is 29.3 Å². The zero-order valence-corrected chi connectivity index (χ0v) is 18.4. The van der Waals surface area contributed by atoms with E-state index in [0.717, 1.165) is 11.1 Å². The van der Waals surface area contributed by atoms with Crippen LogP contribution in [0.5, 0.6) is 0 Å². The highest BCUT2D eigenvalue weighted by Crippen LogP contribution is 2.28. The van der Waals surface area contributed by atoms with Gasteiger partial charge in [-0.2, -0.15) is 13.2 Å². The zero-order valence-electron chi connectivity index (χ0n) is 18.4. The maximum atomic E-state index is 13.8. The van der Waals surface area contributed by atoms with Gasteiger partial charge in [0.15, 0.2) is 0 Å². The lowest BCUT2D eigenvalue weighted by Gasteiger charge is -2.24. The molecule has 0 aliphatic heterocycles. The molecule has 4 nitrogen and oxygen atoms in total. The Kier molecular flexibility index (Phi) is 6.22. The van der Waals surface area contributed by atoms with Gasteiger partial charge in [-0.25, -0.2) is 4.98 Å². The van der Waals surface area contributed by atoms with Gasteiger partial charge in [0.2, 0.25) is 0 Å². The van der Waals surface area contributed by atoms with Gasteiger partial charge < -0.3 is 4.90 Å². The van der Waals surface area contributed by atoms with E-state index >= 15 is 0 Å². The molecule has 7 heteroatoms. The molecular formula is C26H24F3N3O. The first-order valence-electron chi connectivity index (χ1n) is 10.7. The van der Waals surface area contributed by atoms with E-state index in [-0.39, 0.29) is 18.1 Å². The molecule has 0 aliphatic carbocycles. The van der Waals surface area contributed by atoms with Gasteiger partial charge in [0, 0.05) is 19.3 Å². The number of aromatic nitrogens is 2. The van der Waals surface area contributed by atoms with Gasteiger partial charge in [-0.1, -0.05) is 60.7 Å². The first-order chi connectivity index (χ1) is 15.7. The molecule has 170 valence electrons. The summed E-state index contributed by atoms with van der Waals surface area (Å²) in [6.07, 6.45) is -5.17. The van der Waals surface area contributed by atoms with E-state index in [1.807, 2.05) is 60.7 Å². The van der Waals surface area contributed by atoms with Crippen molar-refractivity contribution < 1.29 is 13.2 Å². The number of hydrogen-bond acceptors (Lipinski definition) is 3. The first kappa shape index (κ1) is 22.6. The van der Waals surface area contributed by atoms with E-state index in [1.165, 1.54) is 4.90 Å². The highest BCUT2D eigenvalue weighted by molar-refractivity contribution is 5.82. The van der Waals surface area contributed by atoms with Crippen molar-refractivity contribution in [3.8, 4) is 0 Å². The fourth-order valence-electron chi connectivity index (χ4n) is 4.02. The molecule has 0 N–H and O–H groups in total. The van der Waals surface area contributed by atoms with Crippen LogP contribution in [0.1, 0.15) is 29.4 Å². The topological polar surface area (TPSA) is 38.1 Å². The summed E-state index contributed by atoms with van der Waals surface area (Å²) in [5.41, 5.74) is 2.70. The van der Waals surface area contributed by atoms with Gasteiger partial charge in [-0.05, 0) is 36.2 Å². The Morgan fingerprint density at radius 3 is 2.06 bits per heavy atom. The molecule has 0 saturated heterocycles. The van der Waals surface area contributed by atoms with E-state index in [2.05, 4.69) is 4.98 Å². The number of fused-ring (bicyclic) bond motifs is 1. The summed E-state index contributed by atoms with van der Waals surface area (Å²) in [5.74, 6) is 0.559. The van der Waals surface area contributed by atoms with Crippen LogP contribution in [0.3, 0.4) is 0 Å². The SMILES string of the molecule is Cc1nc2ccc(N(C)CCC(F)(F)F)cc2c(=O)n1C(c1ccccc1)c1ccccc1. The molecule has 4 rings (SSSR count). The van der Waals surface area contributed by atoms with Gasteiger partial charge in [-0.15, -0.1) is 0 Å². The molecule has 33 heavy (non-hydrogen) atoms. The second-order valence-electron chi connectivity index (χ2n) is 8.05. The van der Waals surface area contributed by atoms with Crippen LogP contribution in [-0.2, 0) is 0 Å². The Labute approximate surface area is 189 Å². The molecule has 0 unspecified atom stereocenters. The van der Waals surface area contributed by atoms with Gasteiger partial charge >= 0.3 is 6.18 Å². The van der Waals surface area contributed by atoms with Crippen LogP contribution in [0.25, 0.3) is 10.9 Å². The number of aryl methyl sites for hydroxylation is 1. The van der Waals surface area contributed by atoms with E-state index in [9.17, 15) is 18.0 Å². The predicted octanol–water partition coefficient (Wildman–Crippen LogP) is 5.73. The molecule has 0 spiro atoms. The summed E-state index contributed by atoms with van der Waals surface area (Å²) < 4.78 is 39.7. The summed E-state index contributed by atoms with van der Waals surface area (Å²) in [5, 5.41) is 0.369. The average molecular weight is 451 g/mol. The summed E-state index contributed by atoms with van der Waals surface area (Å²) in [6.45, 7) is 1.60. The Morgan fingerprint density at radius 1 is 0.939 bits per heavy atom. The lowest BCUT2D eigenvalue weighted by Crippen LogP contribution is -2.30. The molecule has 0 amide bonds. The molecule has 0 aliphatic rings. The molecule has 1 heterocycles. The van der Waals surface area contributed by atoms with Gasteiger partial charge in [0.05, 0.1) is 23.4 Å². The largest absolute Gasteiger partial charge is 0.390 e. The van der Waals surface area contributed by atoms with Crippen molar-refractivity contribution in [2.24, 2.45) is 0 Å². The maximum absolute atomic E-state index is 13.8. The van der Waals surface area contributed by atoms with E-state index in [1.54, 1.807) is 36.7 Å². The number of hydrogen-bond donors (Lipinski definition) is 0. The fraction of sp³-hybridized carbons (Fsp3) is 0.231. The summed E-state index contributed by atoms with van der Waals surface area (Å²) in [4.78, 5) is 19.9. The van der Waals surface area contributed by atoms with Crippen molar-refractivity contribution in [1.82, 2.24) is 9.55 Å². The highest BCUT2D eigenvalue weighted by Gasteiger charge is 2.27.